The average Bonchev–Trinajstić information content (AvgIpc) is 2.90. The van der Waals surface area contributed by atoms with E-state index >= 15 is 0 Å². The third kappa shape index (κ3) is 5.04. The third-order valence-corrected chi connectivity index (χ3v) is 9.45. The van der Waals surface area contributed by atoms with Gasteiger partial charge in [0.15, 0.2) is 12.5 Å². The number of halogens is 1. The molecule has 0 fully saturated rings. The fourth-order valence-corrected chi connectivity index (χ4v) is 6.73. The molecule has 0 amide bonds. The van der Waals surface area contributed by atoms with Crippen molar-refractivity contribution < 1.29 is 30.8 Å². The van der Waals surface area contributed by atoms with Gasteiger partial charge in [-0.2, -0.15) is 0 Å². The quantitative estimate of drug-likeness (QED) is 0.212. The van der Waals surface area contributed by atoms with Crippen molar-refractivity contribution in [2.45, 2.75) is 23.6 Å². The molecule has 4 aromatic rings. The number of fused-ring (bicyclic) bond motifs is 1. The topological polar surface area (TPSA) is 114 Å². The number of carbonyl (C=O) groups excluding carboxylic acids is 1. The van der Waals surface area contributed by atoms with Gasteiger partial charge in [-0.1, -0.05) is 42.0 Å². The summed E-state index contributed by atoms with van der Waals surface area (Å²) in [4.78, 5) is 15.2. The van der Waals surface area contributed by atoms with Crippen LogP contribution < -0.4 is 8.61 Å². The molecule has 0 spiro atoms. The van der Waals surface area contributed by atoms with Gasteiger partial charge in [0, 0.05) is 17.3 Å². The molecule has 4 rings (SSSR count). The minimum absolute atomic E-state index is 0.0182. The molecule has 0 aliphatic heterocycles. The first-order valence-electron chi connectivity index (χ1n) is 11.4. The SMILES string of the molecule is CCN(c1cnc(N(COC=O)S(=O)(=O)c2ccc(C)cc2)c2ccccc12)S(=O)(=O)c1ccc(F)cc1. The smallest absolute Gasteiger partial charge is 0.294 e. The van der Waals surface area contributed by atoms with E-state index in [0.29, 0.717) is 10.8 Å². The van der Waals surface area contributed by atoms with Crippen LogP contribution in [-0.4, -0.2) is 41.6 Å². The van der Waals surface area contributed by atoms with Crippen molar-refractivity contribution >= 4 is 48.8 Å². The maximum absolute atomic E-state index is 13.6. The summed E-state index contributed by atoms with van der Waals surface area (Å²) in [5, 5.41) is 0.697. The molecule has 1 aromatic heterocycles. The molecule has 0 saturated carbocycles. The summed E-state index contributed by atoms with van der Waals surface area (Å²) < 4.78 is 74.3. The van der Waals surface area contributed by atoms with E-state index in [0.717, 1.165) is 26.3 Å². The zero-order valence-corrected chi connectivity index (χ0v) is 22.1. The van der Waals surface area contributed by atoms with Crippen molar-refractivity contribution in [2.75, 3.05) is 21.9 Å². The highest BCUT2D eigenvalue weighted by Crippen LogP contribution is 2.36. The first-order valence-corrected chi connectivity index (χ1v) is 14.3. The molecule has 0 aliphatic carbocycles. The molecule has 0 N–H and O–H groups in total. The number of aryl methyl sites for hydroxylation is 1. The van der Waals surface area contributed by atoms with Crippen LogP contribution in [0.15, 0.2) is 88.8 Å². The molecule has 0 aliphatic rings. The molecule has 0 bridgehead atoms. The van der Waals surface area contributed by atoms with Crippen molar-refractivity contribution in [3.8, 4) is 0 Å². The van der Waals surface area contributed by atoms with Gasteiger partial charge in [0.25, 0.3) is 26.5 Å². The minimum atomic E-state index is -4.23. The fourth-order valence-electron chi connectivity index (χ4n) is 3.94. The summed E-state index contributed by atoms with van der Waals surface area (Å²) >= 11 is 0. The van der Waals surface area contributed by atoms with E-state index < -0.39 is 32.6 Å². The fraction of sp³-hybridized carbons (Fsp3) is 0.154. The molecular weight excluding hydrogens is 533 g/mol. The number of sulfonamides is 2. The van der Waals surface area contributed by atoms with E-state index in [1.165, 1.54) is 30.5 Å². The number of carbonyl (C=O) groups is 1. The van der Waals surface area contributed by atoms with Gasteiger partial charge in [0.05, 0.1) is 21.7 Å². The van der Waals surface area contributed by atoms with Crippen LogP contribution in [0, 0.1) is 12.7 Å². The standard InChI is InChI=1S/C26H24FN3O6S2/c1-3-29(37(32,33)22-14-10-20(27)11-15-22)25-16-28-26(24-7-5-4-6-23(24)25)30(17-36-18-31)38(34,35)21-12-8-19(2)9-13-21/h4-16,18H,3,17H2,1-2H3. The average molecular weight is 558 g/mol. The Bertz CT molecular complexity index is 1680. The summed E-state index contributed by atoms with van der Waals surface area (Å²) in [7, 11) is -8.34. The third-order valence-electron chi connectivity index (χ3n) is 5.82. The second kappa shape index (κ2) is 10.8. The summed E-state index contributed by atoms with van der Waals surface area (Å²) in [5.41, 5.74) is 1.05. The van der Waals surface area contributed by atoms with Gasteiger partial charge in [-0.25, -0.2) is 30.5 Å². The summed E-state index contributed by atoms with van der Waals surface area (Å²) in [6, 6.07) is 17.2. The Morgan fingerprint density at radius 2 is 1.39 bits per heavy atom. The lowest BCUT2D eigenvalue weighted by Gasteiger charge is -2.27. The van der Waals surface area contributed by atoms with E-state index in [9.17, 15) is 26.0 Å². The lowest BCUT2D eigenvalue weighted by molar-refractivity contribution is -0.128. The minimum Gasteiger partial charge on any atom is -0.445 e. The molecular formula is C26H24FN3O6S2. The van der Waals surface area contributed by atoms with Crippen LogP contribution in [0.3, 0.4) is 0 Å². The molecule has 1 heterocycles. The predicted octanol–water partition coefficient (Wildman–Crippen LogP) is 4.22. The Balaban J connectivity index is 1.90. The molecule has 0 unspecified atom stereocenters. The van der Waals surface area contributed by atoms with Crippen molar-refractivity contribution in [3.63, 3.8) is 0 Å². The van der Waals surface area contributed by atoms with Crippen LogP contribution in [0.5, 0.6) is 0 Å². The lowest BCUT2D eigenvalue weighted by atomic mass is 10.1. The van der Waals surface area contributed by atoms with Gasteiger partial charge < -0.3 is 4.74 Å². The van der Waals surface area contributed by atoms with Crippen LogP contribution in [0.25, 0.3) is 10.8 Å². The van der Waals surface area contributed by atoms with E-state index in [-0.39, 0.29) is 34.3 Å². The largest absolute Gasteiger partial charge is 0.445 e. The number of anilines is 2. The molecule has 38 heavy (non-hydrogen) atoms. The number of ether oxygens (including phenoxy) is 1. The predicted molar refractivity (Wildman–Crippen MR) is 141 cm³/mol. The number of rotatable bonds is 10. The van der Waals surface area contributed by atoms with E-state index in [1.54, 1.807) is 43.3 Å². The van der Waals surface area contributed by atoms with Crippen LogP contribution in [0.1, 0.15) is 12.5 Å². The van der Waals surface area contributed by atoms with Gasteiger partial charge in [0.1, 0.15) is 5.82 Å². The molecule has 3 aromatic carbocycles. The van der Waals surface area contributed by atoms with Crippen molar-refractivity contribution in [1.82, 2.24) is 4.98 Å². The second-order valence-corrected chi connectivity index (χ2v) is 11.9. The first kappa shape index (κ1) is 27.0. The van der Waals surface area contributed by atoms with Crippen LogP contribution in [-0.2, 0) is 29.6 Å². The van der Waals surface area contributed by atoms with E-state index in [4.69, 9.17) is 4.74 Å². The first-order chi connectivity index (χ1) is 18.1. The highest BCUT2D eigenvalue weighted by Gasteiger charge is 2.31. The van der Waals surface area contributed by atoms with E-state index in [2.05, 4.69) is 4.98 Å². The molecule has 0 saturated heterocycles. The number of aromatic nitrogens is 1. The normalized spacial score (nSPS) is 11.8. The number of hydrogen-bond donors (Lipinski definition) is 0. The number of hydrogen-bond acceptors (Lipinski definition) is 7. The van der Waals surface area contributed by atoms with Gasteiger partial charge in [-0.15, -0.1) is 0 Å². The highest BCUT2D eigenvalue weighted by atomic mass is 32.2. The monoisotopic (exact) mass is 557 g/mol. The molecule has 9 nitrogen and oxygen atoms in total. The van der Waals surface area contributed by atoms with Gasteiger partial charge in [-0.05, 0) is 50.2 Å². The van der Waals surface area contributed by atoms with Gasteiger partial charge in [0.2, 0.25) is 0 Å². The Morgan fingerprint density at radius 1 is 0.842 bits per heavy atom. The van der Waals surface area contributed by atoms with Crippen LogP contribution >= 0.6 is 0 Å². The summed E-state index contributed by atoms with van der Waals surface area (Å²) in [5.74, 6) is -0.627. The number of pyridine rings is 1. The Morgan fingerprint density at radius 3 is 1.97 bits per heavy atom. The molecule has 12 heteroatoms. The van der Waals surface area contributed by atoms with Crippen molar-refractivity contribution in [3.05, 3.63) is 90.4 Å². The lowest BCUT2D eigenvalue weighted by Crippen LogP contribution is -2.35. The Hall–Kier alpha value is -4.03. The van der Waals surface area contributed by atoms with Crippen LogP contribution in [0.4, 0.5) is 15.9 Å². The van der Waals surface area contributed by atoms with E-state index in [1.807, 2.05) is 6.92 Å². The number of benzene rings is 3. The van der Waals surface area contributed by atoms with Crippen LogP contribution in [0.2, 0.25) is 0 Å². The molecule has 0 atom stereocenters. The highest BCUT2D eigenvalue weighted by molar-refractivity contribution is 7.93. The zero-order valence-electron chi connectivity index (χ0n) is 20.5. The number of nitrogens with zero attached hydrogens (tertiary/aromatic N) is 3. The maximum atomic E-state index is 13.6. The molecule has 198 valence electrons. The maximum Gasteiger partial charge on any atom is 0.294 e. The van der Waals surface area contributed by atoms with Crippen molar-refractivity contribution in [1.29, 1.82) is 0 Å². The Kier molecular flexibility index (Phi) is 7.65. The summed E-state index contributed by atoms with van der Waals surface area (Å²) in [6.07, 6.45) is 1.25. The molecule has 0 radical (unpaired) electrons. The summed E-state index contributed by atoms with van der Waals surface area (Å²) in [6.45, 7) is 2.95. The van der Waals surface area contributed by atoms with Gasteiger partial charge in [-0.3, -0.25) is 9.10 Å². The Labute approximate surface area is 220 Å². The zero-order chi connectivity index (χ0) is 27.5. The second-order valence-electron chi connectivity index (χ2n) is 8.19. The van der Waals surface area contributed by atoms with Gasteiger partial charge >= 0.3 is 0 Å². The van der Waals surface area contributed by atoms with Crippen molar-refractivity contribution in [2.24, 2.45) is 0 Å².